The van der Waals surface area contributed by atoms with Crippen LogP contribution >= 0.6 is 0 Å². The van der Waals surface area contributed by atoms with Crippen molar-refractivity contribution in [3.05, 3.63) is 88.4 Å². The second kappa shape index (κ2) is 6.31. The zero-order valence-electron chi connectivity index (χ0n) is 12.1. The monoisotopic (exact) mass is 311 g/mol. The number of nitrogens with zero attached hydrogens (tertiary/aromatic N) is 1. The van der Waals surface area contributed by atoms with Gasteiger partial charge in [-0.2, -0.15) is 0 Å². The molecule has 5 nitrogen and oxygen atoms in total. The lowest BCUT2D eigenvalue weighted by atomic mass is 10.2. The zero-order valence-corrected chi connectivity index (χ0v) is 12.1. The van der Waals surface area contributed by atoms with Crippen molar-refractivity contribution in [3.63, 3.8) is 0 Å². The molecule has 0 unspecified atom stereocenters. The van der Waals surface area contributed by atoms with Crippen LogP contribution in [-0.4, -0.2) is 15.5 Å². The van der Waals surface area contributed by atoms with Crippen molar-refractivity contribution in [1.82, 2.24) is 9.55 Å². The summed E-state index contributed by atoms with van der Waals surface area (Å²) in [5.74, 6) is -0.823. The second-order valence-corrected chi connectivity index (χ2v) is 5.01. The summed E-state index contributed by atoms with van der Waals surface area (Å²) >= 11 is 0. The standard InChI is InChI=1S/C17H14FN3O2/c18-13-6-8-14(9-7-13)20-16(22)15-10-19-17(23)21(15)11-12-4-2-1-3-5-12/h1-10H,11H2,(H,19,23)(H,20,22). The largest absolute Gasteiger partial charge is 0.326 e. The Labute approximate surface area is 131 Å². The summed E-state index contributed by atoms with van der Waals surface area (Å²) in [5.41, 5.74) is 1.21. The maximum Gasteiger partial charge on any atom is 0.326 e. The minimum absolute atomic E-state index is 0.211. The minimum Gasteiger partial charge on any atom is -0.321 e. The summed E-state index contributed by atoms with van der Waals surface area (Å²) < 4.78 is 14.2. The molecule has 0 aliphatic rings. The third-order valence-corrected chi connectivity index (χ3v) is 3.39. The van der Waals surface area contributed by atoms with E-state index in [9.17, 15) is 14.0 Å². The summed E-state index contributed by atoms with van der Waals surface area (Å²) in [5, 5.41) is 2.64. The van der Waals surface area contributed by atoms with Crippen LogP contribution in [-0.2, 0) is 6.54 Å². The Hall–Kier alpha value is -3.15. The van der Waals surface area contributed by atoms with E-state index in [1.165, 1.54) is 35.0 Å². The molecule has 0 spiro atoms. The quantitative estimate of drug-likeness (QED) is 0.778. The molecule has 116 valence electrons. The molecule has 1 amide bonds. The number of aromatic amines is 1. The third-order valence-electron chi connectivity index (χ3n) is 3.39. The van der Waals surface area contributed by atoms with Crippen LogP contribution in [0.15, 0.2) is 65.6 Å². The van der Waals surface area contributed by atoms with Crippen molar-refractivity contribution >= 4 is 11.6 Å². The average molecular weight is 311 g/mol. The van der Waals surface area contributed by atoms with Gasteiger partial charge in [0.05, 0.1) is 6.54 Å². The van der Waals surface area contributed by atoms with Gasteiger partial charge in [0.15, 0.2) is 0 Å². The number of hydrogen-bond donors (Lipinski definition) is 2. The number of H-pyrrole nitrogens is 1. The summed E-state index contributed by atoms with van der Waals surface area (Å²) in [6, 6.07) is 14.8. The van der Waals surface area contributed by atoms with Crippen LogP contribution in [0.2, 0.25) is 0 Å². The SMILES string of the molecule is O=C(Nc1ccc(F)cc1)c1c[nH]c(=O)n1Cc1ccccc1. The van der Waals surface area contributed by atoms with Crippen molar-refractivity contribution in [2.75, 3.05) is 5.32 Å². The Morgan fingerprint density at radius 1 is 1.09 bits per heavy atom. The first-order chi connectivity index (χ1) is 11.1. The predicted molar refractivity (Wildman–Crippen MR) is 84.9 cm³/mol. The lowest BCUT2D eigenvalue weighted by Crippen LogP contribution is -2.24. The fraction of sp³-hybridized carbons (Fsp3) is 0.0588. The summed E-state index contributed by atoms with van der Waals surface area (Å²) in [6.07, 6.45) is 1.37. The molecule has 0 aliphatic carbocycles. The molecular formula is C17H14FN3O2. The van der Waals surface area contributed by atoms with Crippen molar-refractivity contribution in [3.8, 4) is 0 Å². The number of imidazole rings is 1. The number of amides is 1. The van der Waals surface area contributed by atoms with E-state index in [4.69, 9.17) is 0 Å². The Bertz CT molecular complexity index is 867. The van der Waals surface area contributed by atoms with Crippen molar-refractivity contribution < 1.29 is 9.18 Å². The Morgan fingerprint density at radius 3 is 2.48 bits per heavy atom. The molecular weight excluding hydrogens is 297 g/mol. The number of aromatic nitrogens is 2. The van der Waals surface area contributed by atoms with E-state index in [2.05, 4.69) is 10.3 Å². The first-order valence-corrected chi connectivity index (χ1v) is 7.02. The van der Waals surface area contributed by atoms with Gasteiger partial charge in [0.2, 0.25) is 0 Å². The smallest absolute Gasteiger partial charge is 0.321 e. The van der Waals surface area contributed by atoms with Gasteiger partial charge in [-0.25, -0.2) is 9.18 Å². The van der Waals surface area contributed by atoms with E-state index < -0.39 is 5.91 Å². The number of anilines is 1. The van der Waals surface area contributed by atoms with Crippen LogP contribution < -0.4 is 11.0 Å². The van der Waals surface area contributed by atoms with E-state index >= 15 is 0 Å². The highest BCUT2D eigenvalue weighted by atomic mass is 19.1. The van der Waals surface area contributed by atoms with E-state index in [1.54, 1.807) is 0 Å². The molecule has 3 rings (SSSR count). The van der Waals surface area contributed by atoms with Crippen LogP contribution in [0.4, 0.5) is 10.1 Å². The Kier molecular flexibility index (Phi) is 4.05. The van der Waals surface area contributed by atoms with Gasteiger partial charge in [0, 0.05) is 11.9 Å². The van der Waals surface area contributed by atoms with Crippen LogP contribution in [0.5, 0.6) is 0 Å². The van der Waals surface area contributed by atoms with E-state index in [1.807, 2.05) is 30.3 Å². The molecule has 0 aliphatic heterocycles. The van der Waals surface area contributed by atoms with Crippen LogP contribution in [0.1, 0.15) is 16.1 Å². The first-order valence-electron chi connectivity index (χ1n) is 7.02. The van der Waals surface area contributed by atoms with Crippen LogP contribution in [0.3, 0.4) is 0 Å². The third kappa shape index (κ3) is 3.37. The minimum atomic E-state index is -0.439. The van der Waals surface area contributed by atoms with Crippen molar-refractivity contribution in [2.24, 2.45) is 0 Å². The average Bonchev–Trinajstić information content (AvgIpc) is 2.92. The van der Waals surface area contributed by atoms with Gasteiger partial charge in [-0.15, -0.1) is 0 Å². The molecule has 1 heterocycles. The molecule has 0 bridgehead atoms. The second-order valence-electron chi connectivity index (χ2n) is 5.01. The maximum atomic E-state index is 12.9. The number of benzene rings is 2. The van der Waals surface area contributed by atoms with Gasteiger partial charge in [-0.1, -0.05) is 30.3 Å². The highest BCUT2D eigenvalue weighted by Crippen LogP contribution is 2.11. The zero-order chi connectivity index (χ0) is 16.2. The van der Waals surface area contributed by atoms with Gasteiger partial charge in [0.1, 0.15) is 11.5 Å². The van der Waals surface area contributed by atoms with Gasteiger partial charge >= 0.3 is 5.69 Å². The highest BCUT2D eigenvalue weighted by molar-refractivity contribution is 6.02. The molecule has 0 radical (unpaired) electrons. The highest BCUT2D eigenvalue weighted by Gasteiger charge is 2.15. The van der Waals surface area contributed by atoms with Crippen molar-refractivity contribution in [2.45, 2.75) is 6.54 Å². The van der Waals surface area contributed by atoms with E-state index in [0.717, 1.165) is 5.56 Å². The van der Waals surface area contributed by atoms with Crippen LogP contribution in [0.25, 0.3) is 0 Å². The van der Waals surface area contributed by atoms with E-state index in [-0.39, 0.29) is 23.7 Å². The number of carbonyl (C=O) groups excluding carboxylic acids is 1. The molecule has 0 saturated carbocycles. The molecule has 1 aromatic heterocycles. The summed E-state index contributed by atoms with van der Waals surface area (Å²) in [6.45, 7) is 0.287. The van der Waals surface area contributed by atoms with Gasteiger partial charge in [-0.05, 0) is 29.8 Å². The molecule has 6 heteroatoms. The summed E-state index contributed by atoms with van der Waals surface area (Å²) in [4.78, 5) is 26.8. The lowest BCUT2D eigenvalue weighted by Gasteiger charge is -2.08. The topological polar surface area (TPSA) is 66.9 Å². The number of hydrogen-bond acceptors (Lipinski definition) is 2. The molecule has 2 N–H and O–H groups in total. The summed E-state index contributed by atoms with van der Waals surface area (Å²) in [7, 11) is 0. The predicted octanol–water partition coefficient (Wildman–Crippen LogP) is 2.62. The fourth-order valence-electron chi connectivity index (χ4n) is 2.23. The molecule has 23 heavy (non-hydrogen) atoms. The number of halogens is 1. The van der Waals surface area contributed by atoms with Gasteiger partial charge in [-0.3, -0.25) is 9.36 Å². The molecule has 3 aromatic rings. The van der Waals surface area contributed by atoms with Crippen molar-refractivity contribution in [1.29, 1.82) is 0 Å². The lowest BCUT2D eigenvalue weighted by molar-refractivity contribution is 0.101. The Morgan fingerprint density at radius 2 is 1.78 bits per heavy atom. The maximum absolute atomic E-state index is 12.9. The fourth-order valence-corrected chi connectivity index (χ4v) is 2.23. The normalized spacial score (nSPS) is 10.5. The molecule has 0 atom stereocenters. The number of carbonyl (C=O) groups is 1. The molecule has 0 saturated heterocycles. The van der Waals surface area contributed by atoms with Crippen LogP contribution in [0, 0.1) is 5.82 Å². The van der Waals surface area contributed by atoms with E-state index in [0.29, 0.717) is 5.69 Å². The molecule has 0 fully saturated rings. The first kappa shape index (κ1) is 14.8. The number of rotatable bonds is 4. The van der Waals surface area contributed by atoms with Gasteiger partial charge in [0.25, 0.3) is 5.91 Å². The van der Waals surface area contributed by atoms with Gasteiger partial charge < -0.3 is 10.3 Å². The molecule has 2 aromatic carbocycles. The Balaban J connectivity index is 1.84. The number of nitrogens with one attached hydrogen (secondary N) is 2.